The Kier molecular flexibility index (Phi) is 8.01. The number of nitrogens with zero attached hydrogens (tertiary/aromatic N) is 1. The molecule has 0 aliphatic carbocycles. The lowest BCUT2D eigenvalue weighted by Crippen LogP contribution is -2.34. The van der Waals surface area contributed by atoms with Crippen molar-refractivity contribution in [2.45, 2.75) is 39.5 Å². The number of amides is 1. The van der Waals surface area contributed by atoms with Gasteiger partial charge in [-0.1, -0.05) is 86.8 Å². The summed E-state index contributed by atoms with van der Waals surface area (Å²) < 4.78 is 5.79. The van der Waals surface area contributed by atoms with E-state index in [-0.39, 0.29) is 17.1 Å². The van der Waals surface area contributed by atoms with Gasteiger partial charge in [-0.3, -0.25) is 9.69 Å². The van der Waals surface area contributed by atoms with E-state index in [2.05, 4.69) is 6.92 Å². The van der Waals surface area contributed by atoms with Crippen molar-refractivity contribution in [2.75, 3.05) is 11.4 Å². The van der Waals surface area contributed by atoms with Crippen LogP contribution < -0.4 is 9.64 Å². The Hall–Kier alpha value is -4.12. The monoisotopic (exact) mass is 481 g/mol. The number of carbonyl (C=O) groups excluding carboxylic acids is 2. The van der Waals surface area contributed by atoms with Crippen LogP contribution in [0.25, 0.3) is 21.9 Å². The van der Waals surface area contributed by atoms with Crippen LogP contribution in [0.4, 0.5) is 10.5 Å². The first-order valence-electron chi connectivity index (χ1n) is 12.4. The number of Topliss-reactive ketones (excluding diaryl/α,β-unsaturated/α-hetero) is 1. The third-order valence-electron chi connectivity index (χ3n) is 6.30. The lowest BCUT2D eigenvalue weighted by molar-refractivity contribution is 0.101. The molecule has 0 heterocycles. The van der Waals surface area contributed by atoms with Gasteiger partial charge in [0.05, 0.1) is 11.3 Å². The van der Waals surface area contributed by atoms with Crippen molar-refractivity contribution in [3.05, 3.63) is 90.5 Å². The zero-order valence-corrected chi connectivity index (χ0v) is 20.7. The second-order valence-corrected chi connectivity index (χ2v) is 8.86. The van der Waals surface area contributed by atoms with Crippen molar-refractivity contribution >= 4 is 28.3 Å². The first-order valence-corrected chi connectivity index (χ1v) is 12.4. The SMILES string of the molecule is CCCCCCN(C(=O)Oc1ccc(-c2ccccc2)cc1)c1cccc2c(O)c(C(C)=O)ccc12. The highest BCUT2D eigenvalue weighted by molar-refractivity contribution is 6.09. The van der Waals surface area contributed by atoms with Gasteiger partial charge in [0.25, 0.3) is 0 Å². The van der Waals surface area contributed by atoms with Gasteiger partial charge in [-0.15, -0.1) is 0 Å². The number of carbonyl (C=O) groups is 2. The van der Waals surface area contributed by atoms with Gasteiger partial charge in [0.2, 0.25) is 0 Å². The zero-order chi connectivity index (χ0) is 25.5. The van der Waals surface area contributed by atoms with Crippen molar-refractivity contribution in [3.8, 4) is 22.6 Å². The highest BCUT2D eigenvalue weighted by Gasteiger charge is 2.22. The van der Waals surface area contributed by atoms with Crippen molar-refractivity contribution in [1.29, 1.82) is 0 Å². The number of hydrogen-bond acceptors (Lipinski definition) is 4. The molecule has 4 aromatic carbocycles. The van der Waals surface area contributed by atoms with E-state index < -0.39 is 6.09 Å². The molecule has 0 bridgehead atoms. The fourth-order valence-electron chi connectivity index (χ4n) is 4.35. The van der Waals surface area contributed by atoms with Gasteiger partial charge in [0.1, 0.15) is 11.5 Å². The Bertz CT molecular complexity index is 1350. The largest absolute Gasteiger partial charge is 0.507 e. The van der Waals surface area contributed by atoms with Crippen molar-refractivity contribution in [3.63, 3.8) is 0 Å². The predicted molar refractivity (Wildman–Crippen MR) is 145 cm³/mol. The van der Waals surface area contributed by atoms with Crippen LogP contribution in [0.3, 0.4) is 0 Å². The summed E-state index contributed by atoms with van der Waals surface area (Å²) in [4.78, 5) is 27.0. The van der Waals surface area contributed by atoms with Crippen LogP contribution in [0.2, 0.25) is 0 Å². The third-order valence-corrected chi connectivity index (χ3v) is 6.30. The number of phenols is 1. The summed E-state index contributed by atoms with van der Waals surface area (Å²) in [7, 11) is 0. The van der Waals surface area contributed by atoms with E-state index in [1.165, 1.54) is 6.92 Å². The van der Waals surface area contributed by atoms with Gasteiger partial charge in [0.15, 0.2) is 5.78 Å². The van der Waals surface area contributed by atoms with Gasteiger partial charge in [-0.25, -0.2) is 4.79 Å². The lowest BCUT2D eigenvalue weighted by atomic mass is 10.0. The standard InChI is InChI=1S/C31H31NO4/c1-3-4-5-9-21-32(29-14-10-13-28-27(29)20-19-26(22(2)33)30(28)34)31(35)36-25-17-15-24(16-18-25)23-11-7-6-8-12-23/h6-8,10-20,34H,3-5,9,21H2,1-2H3. The summed E-state index contributed by atoms with van der Waals surface area (Å²) in [6, 6.07) is 26.2. The molecule has 184 valence electrons. The van der Waals surface area contributed by atoms with E-state index in [0.717, 1.165) is 36.8 Å². The van der Waals surface area contributed by atoms with Crippen LogP contribution in [-0.2, 0) is 0 Å². The summed E-state index contributed by atoms with van der Waals surface area (Å²) in [5.41, 5.74) is 3.03. The Morgan fingerprint density at radius 1 is 0.778 bits per heavy atom. The summed E-state index contributed by atoms with van der Waals surface area (Å²) >= 11 is 0. The average Bonchev–Trinajstić information content (AvgIpc) is 2.89. The first kappa shape index (κ1) is 25.0. The van der Waals surface area contributed by atoms with Crippen LogP contribution in [-0.4, -0.2) is 23.5 Å². The molecule has 4 aromatic rings. The van der Waals surface area contributed by atoms with E-state index >= 15 is 0 Å². The molecule has 0 saturated carbocycles. The van der Waals surface area contributed by atoms with Crippen LogP contribution >= 0.6 is 0 Å². The van der Waals surface area contributed by atoms with E-state index in [4.69, 9.17) is 4.74 Å². The number of rotatable bonds is 9. The van der Waals surface area contributed by atoms with Crippen LogP contribution in [0.1, 0.15) is 49.9 Å². The Labute approximate surface area is 212 Å². The number of benzene rings is 4. The number of anilines is 1. The maximum atomic E-state index is 13.4. The molecule has 0 spiro atoms. The van der Waals surface area contributed by atoms with Gasteiger partial charge >= 0.3 is 6.09 Å². The topological polar surface area (TPSA) is 66.8 Å². The molecule has 0 atom stereocenters. The maximum Gasteiger partial charge on any atom is 0.419 e. The quantitative estimate of drug-likeness (QED) is 0.194. The third kappa shape index (κ3) is 5.57. The molecule has 0 aromatic heterocycles. The fraction of sp³-hybridized carbons (Fsp3) is 0.226. The number of ether oxygens (including phenoxy) is 1. The minimum atomic E-state index is -0.485. The second kappa shape index (κ2) is 11.5. The average molecular weight is 482 g/mol. The van der Waals surface area contributed by atoms with Crippen molar-refractivity contribution in [1.82, 2.24) is 0 Å². The molecule has 5 nitrogen and oxygen atoms in total. The summed E-state index contributed by atoms with van der Waals surface area (Å²) in [5.74, 6) is 0.174. The normalized spacial score (nSPS) is 10.8. The maximum absolute atomic E-state index is 13.4. The molecule has 36 heavy (non-hydrogen) atoms. The Morgan fingerprint density at radius 3 is 2.19 bits per heavy atom. The number of phenolic OH excluding ortho intramolecular Hbond substituents is 1. The molecule has 5 heteroatoms. The molecule has 1 N–H and O–H groups in total. The van der Waals surface area contributed by atoms with Gasteiger partial charge in [-0.05, 0) is 48.7 Å². The van der Waals surface area contributed by atoms with E-state index in [0.29, 0.717) is 28.8 Å². The Morgan fingerprint density at radius 2 is 1.50 bits per heavy atom. The number of unbranched alkanes of at least 4 members (excludes halogenated alkanes) is 3. The molecule has 0 aliphatic heterocycles. The van der Waals surface area contributed by atoms with Gasteiger partial charge < -0.3 is 9.84 Å². The van der Waals surface area contributed by atoms with Crippen LogP contribution in [0, 0.1) is 0 Å². The van der Waals surface area contributed by atoms with E-state index in [1.807, 2.05) is 48.5 Å². The molecule has 0 saturated heterocycles. The van der Waals surface area contributed by atoms with Crippen molar-refractivity contribution < 1.29 is 19.4 Å². The van der Waals surface area contributed by atoms with Crippen LogP contribution in [0.5, 0.6) is 11.5 Å². The number of fused-ring (bicyclic) bond motifs is 1. The zero-order valence-electron chi connectivity index (χ0n) is 20.7. The molecule has 1 amide bonds. The van der Waals surface area contributed by atoms with Crippen LogP contribution in [0.15, 0.2) is 84.9 Å². The van der Waals surface area contributed by atoms with E-state index in [9.17, 15) is 14.7 Å². The molecular formula is C31H31NO4. The van der Waals surface area contributed by atoms with Crippen molar-refractivity contribution in [2.24, 2.45) is 0 Å². The summed E-state index contributed by atoms with van der Waals surface area (Å²) in [6.45, 7) is 4.05. The van der Waals surface area contributed by atoms with Gasteiger partial charge in [-0.2, -0.15) is 0 Å². The smallest absolute Gasteiger partial charge is 0.419 e. The molecule has 0 radical (unpaired) electrons. The number of ketones is 1. The Balaban J connectivity index is 1.63. The predicted octanol–water partition coefficient (Wildman–Crippen LogP) is 8.00. The second-order valence-electron chi connectivity index (χ2n) is 8.86. The summed E-state index contributed by atoms with van der Waals surface area (Å²) in [6.07, 6.45) is 3.51. The molecular weight excluding hydrogens is 450 g/mol. The highest BCUT2D eigenvalue weighted by Crippen LogP contribution is 2.35. The molecule has 0 fully saturated rings. The highest BCUT2D eigenvalue weighted by atomic mass is 16.6. The number of aromatic hydroxyl groups is 1. The molecule has 0 unspecified atom stereocenters. The molecule has 4 rings (SSSR count). The molecule has 0 aliphatic rings. The lowest BCUT2D eigenvalue weighted by Gasteiger charge is -2.24. The first-order chi connectivity index (χ1) is 17.5. The fourth-order valence-corrected chi connectivity index (χ4v) is 4.35. The number of hydrogen-bond donors (Lipinski definition) is 1. The van der Waals surface area contributed by atoms with Gasteiger partial charge in [0, 0.05) is 17.3 Å². The van der Waals surface area contributed by atoms with E-state index in [1.54, 1.807) is 41.3 Å². The minimum absolute atomic E-state index is 0.0716. The minimum Gasteiger partial charge on any atom is -0.507 e. The summed E-state index contributed by atoms with van der Waals surface area (Å²) in [5, 5.41) is 11.9.